The van der Waals surface area contributed by atoms with Gasteiger partial charge in [-0.05, 0) is 41.6 Å². The molecule has 1 N–H and O–H groups in total. The minimum absolute atomic E-state index is 0.153. The lowest BCUT2D eigenvalue weighted by Gasteiger charge is -2.03. The van der Waals surface area contributed by atoms with Crippen molar-refractivity contribution in [3.05, 3.63) is 69.8 Å². The van der Waals surface area contributed by atoms with Crippen LogP contribution in [0.2, 0.25) is 0 Å². The van der Waals surface area contributed by atoms with Crippen LogP contribution in [-0.4, -0.2) is 17.3 Å². The van der Waals surface area contributed by atoms with Gasteiger partial charge in [-0.25, -0.2) is 9.18 Å². The number of carboxylic acid groups (broad SMARTS) is 1. The minimum atomic E-state index is -1.02. The fourth-order valence-electron chi connectivity index (χ4n) is 2.34. The number of aliphatic imine (C=N–C) groups is 1. The van der Waals surface area contributed by atoms with Gasteiger partial charge >= 0.3 is 5.97 Å². The van der Waals surface area contributed by atoms with E-state index >= 15 is 0 Å². The van der Waals surface area contributed by atoms with Crippen LogP contribution in [0.1, 0.15) is 22.3 Å². The van der Waals surface area contributed by atoms with E-state index in [4.69, 9.17) is 11.6 Å². The number of fused-ring (bicyclic) bond motifs is 1. The predicted octanol–water partition coefficient (Wildman–Crippen LogP) is 2.50. The SMILES string of the molecule is O=C(O)c1ccc2c(c1)=C(c1ccc(F)cc1)N=CCC=2Cl. The van der Waals surface area contributed by atoms with Crippen molar-refractivity contribution < 1.29 is 14.3 Å². The number of halogens is 2. The van der Waals surface area contributed by atoms with E-state index in [-0.39, 0.29) is 11.4 Å². The second-order valence-electron chi connectivity index (χ2n) is 4.84. The Hall–Kier alpha value is -2.46. The number of nitrogens with zero attached hydrogens (tertiary/aromatic N) is 1. The third kappa shape index (κ3) is 2.65. The molecule has 0 bridgehead atoms. The number of hydrogen-bond donors (Lipinski definition) is 1. The molecule has 0 saturated heterocycles. The van der Waals surface area contributed by atoms with Crippen molar-refractivity contribution in [1.29, 1.82) is 0 Å². The van der Waals surface area contributed by atoms with E-state index < -0.39 is 5.97 Å². The number of carboxylic acids is 1. The smallest absolute Gasteiger partial charge is 0.335 e. The molecule has 0 amide bonds. The van der Waals surface area contributed by atoms with E-state index in [2.05, 4.69) is 4.99 Å². The Morgan fingerprint density at radius 2 is 1.86 bits per heavy atom. The van der Waals surface area contributed by atoms with Gasteiger partial charge in [0.15, 0.2) is 0 Å². The fraction of sp³-hybridized carbons (Fsp3) is 0.0588. The zero-order chi connectivity index (χ0) is 15.7. The Morgan fingerprint density at radius 1 is 1.14 bits per heavy atom. The maximum atomic E-state index is 13.1. The molecule has 0 aromatic heterocycles. The lowest BCUT2D eigenvalue weighted by Crippen LogP contribution is -2.29. The Labute approximate surface area is 130 Å². The van der Waals surface area contributed by atoms with Crippen molar-refractivity contribution in [2.45, 2.75) is 6.42 Å². The Balaban J connectivity index is 2.40. The number of benzene rings is 2. The molecule has 3 rings (SSSR count). The van der Waals surface area contributed by atoms with Gasteiger partial charge < -0.3 is 5.11 Å². The van der Waals surface area contributed by atoms with Crippen molar-refractivity contribution in [3.63, 3.8) is 0 Å². The largest absolute Gasteiger partial charge is 0.478 e. The fourth-order valence-corrected chi connectivity index (χ4v) is 2.58. The molecule has 22 heavy (non-hydrogen) atoms. The van der Waals surface area contributed by atoms with E-state index in [0.29, 0.717) is 27.9 Å². The third-order valence-corrected chi connectivity index (χ3v) is 3.78. The Kier molecular flexibility index (Phi) is 3.77. The lowest BCUT2D eigenvalue weighted by atomic mass is 10.1. The van der Waals surface area contributed by atoms with E-state index in [1.807, 2.05) is 0 Å². The van der Waals surface area contributed by atoms with E-state index in [9.17, 15) is 14.3 Å². The van der Waals surface area contributed by atoms with Gasteiger partial charge in [0, 0.05) is 28.4 Å². The highest BCUT2D eigenvalue weighted by atomic mass is 35.5. The molecular weight excluding hydrogens is 305 g/mol. The molecule has 0 radical (unpaired) electrons. The minimum Gasteiger partial charge on any atom is -0.478 e. The molecule has 0 unspecified atom stereocenters. The summed E-state index contributed by atoms with van der Waals surface area (Å²) in [5, 5.41) is 11.1. The maximum absolute atomic E-state index is 13.1. The molecule has 1 aliphatic heterocycles. The van der Waals surface area contributed by atoms with Crippen molar-refractivity contribution >= 4 is 34.5 Å². The summed E-state index contributed by atoms with van der Waals surface area (Å²) in [5.41, 5.74) is 1.43. The molecule has 0 atom stereocenters. The monoisotopic (exact) mass is 315 g/mol. The average Bonchev–Trinajstić information content (AvgIpc) is 2.67. The first-order valence-corrected chi connectivity index (χ1v) is 6.99. The van der Waals surface area contributed by atoms with Gasteiger partial charge in [-0.3, -0.25) is 4.99 Å². The number of aromatic carboxylic acids is 1. The first kappa shape index (κ1) is 14.5. The van der Waals surface area contributed by atoms with Gasteiger partial charge in [0.25, 0.3) is 0 Å². The van der Waals surface area contributed by atoms with Crippen LogP contribution in [-0.2, 0) is 0 Å². The van der Waals surface area contributed by atoms with Crippen LogP contribution in [0, 0.1) is 5.82 Å². The normalized spacial score (nSPS) is 13.7. The molecule has 0 aliphatic carbocycles. The van der Waals surface area contributed by atoms with Crippen molar-refractivity contribution in [2.24, 2.45) is 4.99 Å². The Bertz CT molecular complexity index is 901. The summed E-state index contributed by atoms with van der Waals surface area (Å²) in [6, 6.07) is 10.6. The predicted molar refractivity (Wildman–Crippen MR) is 83.9 cm³/mol. The molecule has 5 heteroatoms. The molecule has 0 saturated carbocycles. The van der Waals surface area contributed by atoms with Crippen LogP contribution in [0.4, 0.5) is 4.39 Å². The molecule has 110 valence electrons. The van der Waals surface area contributed by atoms with Crippen molar-refractivity contribution in [3.8, 4) is 0 Å². The van der Waals surface area contributed by atoms with Gasteiger partial charge in [0.2, 0.25) is 0 Å². The van der Waals surface area contributed by atoms with E-state index in [1.54, 1.807) is 30.5 Å². The summed E-state index contributed by atoms with van der Waals surface area (Å²) < 4.78 is 13.1. The van der Waals surface area contributed by atoms with Gasteiger partial charge in [0.05, 0.1) is 11.3 Å². The summed E-state index contributed by atoms with van der Waals surface area (Å²) in [6.45, 7) is 0. The molecule has 0 fully saturated rings. The van der Waals surface area contributed by atoms with Crippen molar-refractivity contribution in [2.75, 3.05) is 0 Å². The highest BCUT2D eigenvalue weighted by Gasteiger charge is 2.10. The highest BCUT2D eigenvalue weighted by molar-refractivity contribution is 6.46. The molecule has 1 aliphatic rings. The maximum Gasteiger partial charge on any atom is 0.335 e. The van der Waals surface area contributed by atoms with E-state index in [1.165, 1.54) is 18.2 Å². The molecule has 2 aromatic carbocycles. The van der Waals surface area contributed by atoms with Gasteiger partial charge in [-0.1, -0.05) is 17.7 Å². The Morgan fingerprint density at radius 3 is 2.55 bits per heavy atom. The highest BCUT2D eigenvalue weighted by Crippen LogP contribution is 2.16. The number of hydrogen-bond acceptors (Lipinski definition) is 2. The standard InChI is InChI=1S/C17H11ClFNO2/c18-15-7-8-20-16(10-1-4-12(19)5-2-10)14-9-11(17(21)22)3-6-13(14)15/h1-6,8-9H,7H2,(H,21,22). The van der Waals surface area contributed by atoms with E-state index in [0.717, 1.165) is 5.22 Å². The number of carbonyl (C=O) groups is 1. The summed E-state index contributed by atoms with van der Waals surface area (Å²) in [5.74, 6) is -1.36. The van der Waals surface area contributed by atoms with Gasteiger partial charge in [-0.15, -0.1) is 0 Å². The first-order chi connectivity index (χ1) is 10.6. The van der Waals surface area contributed by atoms with Crippen LogP contribution in [0.3, 0.4) is 0 Å². The van der Waals surface area contributed by atoms with Crippen LogP contribution in [0.5, 0.6) is 0 Å². The molecule has 3 nitrogen and oxygen atoms in total. The van der Waals surface area contributed by atoms with Crippen LogP contribution < -0.4 is 10.4 Å². The van der Waals surface area contributed by atoms with Crippen LogP contribution in [0.15, 0.2) is 47.5 Å². The molecule has 1 heterocycles. The average molecular weight is 316 g/mol. The van der Waals surface area contributed by atoms with Crippen LogP contribution >= 0.6 is 11.6 Å². The zero-order valence-corrected chi connectivity index (χ0v) is 12.1. The number of rotatable bonds is 2. The summed E-state index contributed by atoms with van der Waals surface area (Å²) in [4.78, 5) is 15.6. The molecule has 0 spiro atoms. The second-order valence-corrected chi connectivity index (χ2v) is 5.30. The first-order valence-electron chi connectivity index (χ1n) is 6.61. The van der Waals surface area contributed by atoms with Gasteiger partial charge in [0.1, 0.15) is 5.82 Å². The summed E-state index contributed by atoms with van der Waals surface area (Å²) in [6.07, 6.45) is 2.13. The summed E-state index contributed by atoms with van der Waals surface area (Å²) >= 11 is 6.27. The summed E-state index contributed by atoms with van der Waals surface area (Å²) in [7, 11) is 0. The topological polar surface area (TPSA) is 49.7 Å². The third-order valence-electron chi connectivity index (χ3n) is 3.42. The van der Waals surface area contributed by atoms with Crippen molar-refractivity contribution in [1.82, 2.24) is 0 Å². The van der Waals surface area contributed by atoms with Gasteiger partial charge in [-0.2, -0.15) is 0 Å². The zero-order valence-electron chi connectivity index (χ0n) is 11.4. The second kappa shape index (κ2) is 5.73. The van der Waals surface area contributed by atoms with Crippen LogP contribution in [0.25, 0.3) is 10.7 Å². The molecule has 2 aromatic rings. The lowest BCUT2D eigenvalue weighted by molar-refractivity contribution is 0.0696. The quantitative estimate of drug-likeness (QED) is 0.925. The molecular formula is C17H11ClFNO2.